The van der Waals surface area contributed by atoms with E-state index in [1.165, 1.54) is 0 Å². The second kappa shape index (κ2) is 9.23. The van der Waals surface area contributed by atoms with Crippen LogP contribution in [0.2, 0.25) is 0 Å². The molecular formula is C22H28N4O4. The number of anilines is 1. The van der Waals surface area contributed by atoms with Gasteiger partial charge in [-0.1, -0.05) is 6.07 Å². The van der Waals surface area contributed by atoms with Gasteiger partial charge in [0.15, 0.2) is 5.78 Å². The van der Waals surface area contributed by atoms with Gasteiger partial charge >= 0.3 is 6.09 Å². The molecule has 0 aliphatic carbocycles. The Morgan fingerprint density at radius 1 is 1.20 bits per heavy atom. The van der Waals surface area contributed by atoms with E-state index in [0.29, 0.717) is 18.8 Å². The summed E-state index contributed by atoms with van der Waals surface area (Å²) in [6.45, 7) is 8.02. The van der Waals surface area contributed by atoms with Gasteiger partial charge in [0, 0.05) is 36.1 Å². The maximum absolute atomic E-state index is 12.9. The van der Waals surface area contributed by atoms with Crippen molar-refractivity contribution in [2.24, 2.45) is 5.73 Å². The van der Waals surface area contributed by atoms with E-state index in [0.717, 1.165) is 30.0 Å². The molecule has 1 fully saturated rings. The first-order chi connectivity index (χ1) is 14.2. The van der Waals surface area contributed by atoms with E-state index in [1.54, 1.807) is 39.1 Å². The van der Waals surface area contributed by atoms with Crippen molar-refractivity contribution in [3.63, 3.8) is 0 Å². The summed E-state index contributed by atoms with van der Waals surface area (Å²) in [5.74, 6) is -0.411. The Kier molecular flexibility index (Phi) is 6.69. The normalized spacial score (nSPS) is 15.4. The monoisotopic (exact) mass is 412 g/mol. The predicted octanol–water partition coefficient (Wildman–Crippen LogP) is 2.58. The van der Waals surface area contributed by atoms with Gasteiger partial charge in [-0.2, -0.15) is 0 Å². The van der Waals surface area contributed by atoms with Crippen LogP contribution in [-0.4, -0.2) is 54.9 Å². The number of alkyl carbamates (subject to hydrolysis) is 1. The minimum absolute atomic E-state index is 0.385. The number of pyridine rings is 1. The summed E-state index contributed by atoms with van der Waals surface area (Å²) in [6, 6.07) is 11.0. The summed E-state index contributed by atoms with van der Waals surface area (Å²) in [5, 5.41) is 2.40. The molecule has 1 aromatic heterocycles. The maximum Gasteiger partial charge on any atom is 0.409 e. The number of Topliss-reactive ketones (excluding diaryl/α,β-unsaturated/α-hetero) is 1. The van der Waals surface area contributed by atoms with Gasteiger partial charge in [-0.25, -0.2) is 4.79 Å². The molecule has 3 N–H and O–H groups in total. The van der Waals surface area contributed by atoms with Gasteiger partial charge in [0.1, 0.15) is 11.8 Å². The van der Waals surface area contributed by atoms with Crippen LogP contribution in [0, 0.1) is 0 Å². The van der Waals surface area contributed by atoms with Crippen LogP contribution in [0.5, 0.6) is 0 Å². The smallest absolute Gasteiger partial charge is 0.409 e. The fourth-order valence-electron chi connectivity index (χ4n) is 3.18. The van der Waals surface area contributed by atoms with Crippen LogP contribution in [0.4, 0.5) is 10.5 Å². The lowest BCUT2D eigenvalue weighted by Crippen LogP contribution is -2.49. The molecule has 30 heavy (non-hydrogen) atoms. The molecule has 0 saturated carbocycles. The summed E-state index contributed by atoms with van der Waals surface area (Å²) in [4.78, 5) is 31.5. The number of rotatable bonds is 5. The zero-order valence-corrected chi connectivity index (χ0v) is 17.6. The fourth-order valence-corrected chi connectivity index (χ4v) is 3.18. The highest BCUT2D eigenvalue weighted by Crippen LogP contribution is 2.31. The average molecular weight is 412 g/mol. The Morgan fingerprint density at radius 3 is 2.57 bits per heavy atom. The van der Waals surface area contributed by atoms with Crippen LogP contribution in [-0.2, 0) is 9.47 Å². The van der Waals surface area contributed by atoms with E-state index >= 15 is 0 Å². The fraction of sp³-hybridized carbons (Fsp3) is 0.409. The SMILES string of the molecule is CC(C)(C)OC(=O)N[C@H](N)C(=O)c1ccc(N2CCOCC2)c(-c2ccccn2)c1. The topological polar surface area (TPSA) is 107 Å². The third-order valence-corrected chi connectivity index (χ3v) is 4.53. The summed E-state index contributed by atoms with van der Waals surface area (Å²) >= 11 is 0. The Labute approximate surface area is 176 Å². The van der Waals surface area contributed by atoms with Gasteiger partial charge in [0.05, 0.1) is 18.9 Å². The number of hydrogen-bond acceptors (Lipinski definition) is 7. The molecule has 1 aliphatic heterocycles. The van der Waals surface area contributed by atoms with Gasteiger partial charge in [-0.15, -0.1) is 0 Å². The molecule has 1 amide bonds. The van der Waals surface area contributed by atoms with E-state index in [1.807, 2.05) is 24.3 Å². The van der Waals surface area contributed by atoms with Crippen LogP contribution in [0.3, 0.4) is 0 Å². The maximum atomic E-state index is 12.9. The van der Waals surface area contributed by atoms with Crippen molar-refractivity contribution in [2.45, 2.75) is 32.5 Å². The van der Waals surface area contributed by atoms with E-state index in [4.69, 9.17) is 15.2 Å². The second-order valence-corrected chi connectivity index (χ2v) is 8.03. The number of nitrogens with one attached hydrogen (secondary N) is 1. The molecule has 3 rings (SSSR count). The van der Waals surface area contributed by atoms with Crippen molar-refractivity contribution in [1.29, 1.82) is 0 Å². The Bertz CT molecular complexity index is 890. The Balaban J connectivity index is 1.86. The number of nitrogens with zero attached hydrogens (tertiary/aromatic N) is 2. The number of morpholine rings is 1. The highest BCUT2D eigenvalue weighted by Gasteiger charge is 2.24. The first-order valence-corrected chi connectivity index (χ1v) is 9.92. The first kappa shape index (κ1) is 21.7. The standard InChI is InChI=1S/C22H28N4O4/c1-22(2,3)30-21(28)25-20(23)19(27)15-7-8-18(26-10-12-29-13-11-26)16(14-15)17-6-4-5-9-24-17/h4-9,14,20H,10-13,23H2,1-3H3,(H,25,28)/t20-/m0/s1. The third kappa shape index (κ3) is 5.55. The molecule has 1 aliphatic rings. The highest BCUT2D eigenvalue weighted by molar-refractivity contribution is 6.02. The van der Waals surface area contributed by atoms with Crippen molar-refractivity contribution < 1.29 is 19.1 Å². The summed E-state index contributed by atoms with van der Waals surface area (Å²) in [5.41, 5.74) is 8.19. The zero-order chi connectivity index (χ0) is 21.7. The number of nitrogens with two attached hydrogens (primary N) is 1. The number of carbonyl (C=O) groups is 2. The van der Waals surface area contributed by atoms with Crippen LogP contribution in [0.15, 0.2) is 42.6 Å². The molecule has 2 heterocycles. The van der Waals surface area contributed by atoms with Crippen molar-refractivity contribution in [1.82, 2.24) is 10.3 Å². The van der Waals surface area contributed by atoms with Crippen molar-refractivity contribution in [2.75, 3.05) is 31.2 Å². The predicted molar refractivity (Wildman–Crippen MR) is 114 cm³/mol. The number of benzene rings is 1. The molecule has 1 aromatic carbocycles. The van der Waals surface area contributed by atoms with Gasteiger partial charge in [-0.3, -0.25) is 15.1 Å². The minimum atomic E-state index is -1.22. The van der Waals surface area contributed by atoms with Crippen molar-refractivity contribution >= 4 is 17.6 Å². The van der Waals surface area contributed by atoms with Gasteiger partial charge < -0.3 is 20.1 Å². The van der Waals surface area contributed by atoms with Crippen LogP contribution in [0.1, 0.15) is 31.1 Å². The lowest BCUT2D eigenvalue weighted by Gasteiger charge is -2.30. The largest absolute Gasteiger partial charge is 0.444 e. The van der Waals surface area contributed by atoms with E-state index in [2.05, 4.69) is 15.2 Å². The van der Waals surface area contributed by atoms with Crippen LogP contribution in [0.25, 0.3) is 11.3 Å². The van der Waals surface area contributed by atoms with Gasteiger partial charge in [0.2, 0.25) is 0 Å². The molecule has 2 aromatic rings. The number of amides is 1. The molecule has 160 valence electrons. The lowest BCUT2D eigenvalue weighted by molar-refractivity contribution is 0.0493. The number of ketones is 1. The van der Waals surface area contributed by atoms with Crippen LogP contribution < -0.4 is 16.0 Å². The van der Waals surface area contributed by atoms with Crippen molar-refractivity contribution in [3.8, 4) is 11.3 Å². The summed E-state index contributed by atoms with van der Waals surface area (Å²) in [7, 11) is 0. The molecular weight excluding hydrogens is 384 g/mol. The average Bonchev–Trinajstić information content (AvgIpc) is 2.72. The molecule has 8 heteroatoms. The highest BCUT2D eigenvalue weighted by atomic mass is 16.6. The molecule has 1 saturated heterocycles. The van der Waals surface area contributed by atoms with Crippen LogP contribution >= 0.6 is 0 Å². The minimum Gasteiger partial charge on any atom is -0.444 e. The number of hydrogen-bond donors (Lipinski definition) is 2. The van der Waals surface area contributed by atoms with E-state index < -0.39 is 23.6 Å². The molecule has 0 radical (unpaired) electrons. The molecule has 0 bridgehead atoms. The van der Waals surface area contributed by atoms with Gasteiger partial charge in [0.25, 0.3) is 0 Å². The molecule has 0 unspecified atom stereocenters. The zero-order valence-electron chi connectivity index (χ0n) is 17.6. The lowest BCUT2D eigenvalue weighted by atomic mass is 10.0. The van der Waals surface area contributed by atoms with E-state index in [-0.39, 0.29) is 0 Å². The molecule has 1 atom stereocenters. The molecule has 0 spiro atoms. The number of aromatic nitrogens is 1. The van der Waals surface area contributed by atoms with E-state index in [9.17, 15) is 9.59 Å². The quantitative estimate of drug-likeness (QED) is 0.574. The first-order valence-electron chi connectivity index (χ1n) is 9.92. The third-order valence-electron chi connectivity index (χ3n) is 4.53. The Hall–Kier alpha value is -2.97. The second-order valence-electron chi connectivity index (χ2n) is 8.03. The van der Waals surface area contributed by atoms with Crippen molar-refractivity contribution in [3.05, 3.63) is 48.2 Å². The Morgan fingerprint density at radius 2 is 1.93 bits per heavy atom. The summed E-state index contributed by atoms with van der Waals surface area (Å²) in [6.07, 6.45) is -0.244. The molecule has 8 nitrogen and oxygen atoms in total. The summed E-state index contributed by atoms with van der Waals surface area (Å²) < 4.78 is 10.6. The van der Waals surface area contributed by atoms with Gasteiger partial charge in [-0.05, 0) is 51.1 Å². The number of carbonyl (C=O) groups excluding carboxylic acids is 2. The number of ether oxygens (including phenoxy) is 2.